The molecule has 0 amide bonds. The van der Waals surface area contributed by atoms with Crippen LogP contribution in [0.1, 0.15) is 76.2 Å². The van der Waals surface area contributed by atoms with Crippen LogP contribution in [0.2, 0.25) is 0 Å². The molecule has 0 spiro atoms. The number of aliphatic imine (C=N–C) groups is 2. The molecule has 172 valence electrons. The zero-order valence-electron chi connectivity index (χ0n) is 18.9. The smallest absolute Gasteiger partial charge is 0.185 e. The summed E-state index contributed by atoms with van der Waals surface area (Å²) < 4.78 is 5.83. The van der Waals surface area contributed by atoms with Crippen molar-refractivity contribution in [3.8, 4) is 5.75 Å². The van der Waals surface area contributed by atoms with Crippen molar-refractivity contribution in [2.75, 3.05) is 26.2 Å². The molecule has 7 nitrogen and oxygen atoms in total. The largest absolute Gasteiger partial charge is 0.494 e. The molecule has 0 bridgehead atoms. The minimum atomic E-state index is 0.186. The molecule has 0 saturated carbocycles. The van der Waals surface area contributed by atoms with E-state index < -0.39 is 0 Å². The fourth-order valence-electron chi connectivity index (χ4n) is 3.58. The van der Waals surface area contributed by atoms with E-state index in [1.54, 1.807) is 0 Å². The number of nitrogens with one attached hydrogen (secondary N) is 2. The number of ether oxygens (including phenoxy) is 1. The van der Waals surface area contributed by atoms with Crippen molar-refractivity contribution in [1.82, 2.24) is 5.32 Å². The second kappa shape index (κ2) is 15.3. The molecule has 0 atom stereocenters. The Kier molecular flexibility index (Phi) is 12.2. The second-order valence-electron chi connectivity index (χ2n) is 8.12. The van der Waals surface area contributed by atoms with E-state index >= 15 is 0 Å². The predicted molar refractivity (Wildman–Crippen MR) is 131 cm³/mol. The van der Waals surface area contributed by atoms with Crippen LogP contribution in [-0.4, -0.2) is 43.7 Å². The number of benzene rings is 1. The van der Waals surface area contributed by atoms with Gasteiger partial charge in [-0.05, 0) is 62.8 Å². The Labute approximate surface area is 187 Å². The summed E-state index contributed by atoms with van der Waals surface area (Å²) in [6, 6.07) is 8.11. The Morgan fingerprint density at radius 2 is 1.65 bits per heavy atom. The van der Waals surface area contributed by atoms with Crippen LogP contribution in [0.15, 0.2) is 34.3 Å². The molecule has 7 heteroatoms. The molecule has 1 aliphatic rings. The van der Waals surface area contributed by atoms with Gasteiger partial charge in [0.05, 0.1) is 6.61 Å². The summed E-state index contributed by atoms with van der Waals surface area (Å²) in [5, 5.41) is 11.5. The highest BCUT2D eigenvalue weighted by Gasteiger charge is 2.07. The first-order valence-electron chi connectivity index (χ1n) is 11.8. The van der Waals surface area contributed by atoms with Crippen molar-refractivity contribution in [1.29, 1.82) is 5.41 Å². The third kappa shape index (κ3) is 11.4. The van der Waals surface area contributed by atoms with Gasteiger partial charge in [0, 0.05) is 30.9 Å². The van der Waals surface area contributed by atoms with E-state index in [1.165, 1.54) is 32.1 Å². The van der Waals surface area contributed by atoms with Crippen molar-refractivity contribution < 1.29 is 4.74 Å². The van der Waals surface area contributed by atoms with Gasteiger partial charge in [0.1, 0.15) is 11.6 Å². The van der Waals surface area contributed by atoms with Gasteiger partial charge in [-0.15, -0.1) is 0 Å². The topological polar surface area (TPSA) is 122 Å². The molecule has 31 heavy (non-hydrogen) atoms. The number of hydrogen-bond donors (Lipinski definition) is 4. The van der Waals surface area contributed by atoms with Crippen LogP contribution in [0.5, 0.6) is 5.75 Å². The van der Waals surface area contributed by atoms with Gasteiger partial charge in [0.2, 0.25) is 0 Å². The quantitative estimate of drug-likeness (QED) is 0.181. The number of hydrogen-bond acceptors (Lipinski definition) is 5. The average molecular weight is 429 g/mol. The van der Waals surface area contributed by atoms with Crippen molar-refractivity contribution in [3.05, 3.63) is 29.8 Å². The minimum absolute atomic E-state index is 0.186. The lowest BCUT2D eigenvalue weighted by Gasteiger charge is -2.15. The maximum Gasteiger partial charge on any atom is 0.185 e. The van der Waals surface area contributed by atoms with E-state index in [9.17, 15) is 0 Å². The fraction of sp³-hybridized carbons (Fsp3) is 0.625. The van der Waals surface area contributed by atoms with Crippen LogP contribution >= 0.6 is 0 Å². The fourth-order valence-corrected chi connectivity index (χ4v) is 3.58. The molecular weight excluding hydrogens is 388 g/mol. The van der Waals surface area contributed by atoms with Crippen LogP contribution in [0, 0.1) is 5.41 Å². The first-order valence-corrected chi connectivity index (χ1v) is 11.8. The van der Waals surface area contributed by atoms with Crippen molar-refractivity contribution in [2.24, 2.45) is 21.5 Å². The lowest BCUT2D eigenvalue weighted by molar-refractivity contribution is 0.313. The molecule has 1 heterocycles. The van der Waals surface area contributed by atoms with E-state index in [2.05, 4.69) is 27.4 Å². The standard InChI is InChI=1S/C24H40N6O/c25-21(10-6-4-2-1-3-5-7-16-30-24(26)27)11-8-19-31-22-14-12-20(13-15-22)23-28-17-9-18-29-23/h12-15,25H,1-11,16-19H2,(H,28,29)(H4,26,27,30). The van der Waals surface area contributed by atoms with Crippen molar-refractivity contribution >= 4 is 17.5 Å². The molecule has 1 aromatic rings. The van der Waals surface area contributed by atoms with Crippen LogP contribution in [0.25, 0.3) is 0 Å². The van der Waals surface area contributed by atoms with E-state index in [0.29, 0.717) is 6.61 Å². The van der Waals surface area contributed by atoms with E-state index in [4.69, 9.17) is 21.6 Å². The molecule has 0 aliphatic carbocycles. The second-order valence-corrected chi connectivity index (χ2v) is 8.12. The number of unbranched alkanes of at least 4 members (excludes halogenated alkanes) is 6. The molecule has 2 rings (SSSR count). The highest BCUT2D eigenvalue weighted by molar-refractivity contribution is 5.99. The van der Waals surface area contributed by atoms with E-state index in [1.807, 2.05) is 12.1 Å². The Balaban J connectivity index is 1.44. The third-order valence-corrected chi connectivity index (χ3v) is 5.35. The molecule has 0 radical (unpaired) electrons. The van der Waals surface area contributed by atoms with Crippen LogP contribution in [0.3, 0.4) is 0 Å². The molecule has 1 aliphatic heterocycles. The van der Waals surface area contributed by atoms with E-state index in [0.717, 1.165) is 81.0 Å². The average Bonchev–Trinajstić information content (AvgIpc) is 2.79. The van der Waals surface area contributed by atoms with E-state index in [-0.39, 0.29) is 5.96 Å². The van der Waals surface area contributed by atoms with Crippen molar-refractivity contribution in [2.45, 2.75) is 70.6 Å². The predicted octanol–water partition coefficient (Wildman–Crippen LogP) is 4.00. The van der Waals surface area contributed by atoms with Gasteiger partial charge in [-0.1, -0.05) is 32.1 Å². The molecule has 0 fully saturated rings. The summed E-state index contributed by atoms with van der Waals surface area (Å²) in [6.07, 6.45) is 12.0. The summed E-state index contributed by atoms with van der Waals surface area (Å²) >= 11 is 0. The lowest BCUT2D eigenvalue weighted by atomic mass is 10.0. The summed E-state index contributed by atoms with van der Waals surface area (Å²) in [7, 11) is 0. The summed E-state index contributed by atoms with van der Waals surface area (Å²) in [4.78, 5) is 8.51. The monoisotopic (exact) mass is 428 g/mol. The highest BCUT2D eigenvalue weighted by atomic mass is 16.5. The van der Waals surface area contributed by atoms with Crippen LogP contribution in [0.4, 0.5) is 0 Å². The first kappa shape index (κ1) is 24.7. The van der Waals surface area contributed by atoms with Gasteiger partial charge in [-0.25, -0.2) is 0 Å². The van der Waals surface area contributed by atoms with Gasteiger partial charge >= 0.3 is 0 Å². The molecule has 0 aromatic heterocycles. The summed E-state index contributed by atoms with van der Waals surface area (Å²) in [5.74, 6) is 2.05. The lowest BCUT2D eigenvalue weighted by Crippen LogP contribution is -2.30. The molecular formula is C24H40N6O. The Bertz CT molecular complexity index is 695. The Morgan fingerprint density at radius 3 is 2.32 bits per heavy atom. The Morgan fingerprint density at radius 1 is 0.968 bits per heavy atom. The minimum Gasteiger partial charge on any atom is -0.494 e. The zero-order valence-corrected chi connectivity index (χ0v) is 18.9. The molecule has 1 aromatic carbocycles. The van der Waals surface area contributed by atoms with Crippen LogP contribution in [-0.2, 0) is 0 Å². The number of rotatable bonds is 16. The maximum absolute atomic E-state index is 8.13. The summed E-state index contributed by atoms with van der Waals surface area (Å²) in [6.45, 7) is 3.28. The SMILES string of the molecule is N=C(CCCCCCCCCN=C(N)N)CCCOc1ccc(C2=NCCCN2)cc1. The Hall–Kier alpha value is -2.57. The van der Waals surface area contributed by atoms with Crippen molar-refractivity contribution in [3.63, 3.8) is 0 Å². The number of guanidine groups is 1. The third-order valence-electron chi connectivity index (χ3n) is 5.35. The normalized spacial score (nSPS) is 13.2. The van der Waals surface area contributed by atoms with Crippen LogP contribution < -0.4 is 21.5 Å². The number of nitrogens with two attached hydrogens (primary N) is 2. The molecule has 0 unspecified atom stereocenters. The zero-order chi connectivity index (χ0) is 22.2. The molecule has 6 N–H and O–H groups in total. The number of amidine groups is 1. The van der Waals surface area contributed by atoms with Gasteiger partial charge < -0.3 is 26.9 Å². The summed E-state index contributed by atoms with van der Waals surface area (Å²) in [5.41, 5.74) is 12.6. The van der Waals surface area contributed by atoms with Gasteiger partial charge in [0.15, 0.2) is 5.96 Å². The van der Waals surface area contributed by atoms with Gasteiger partial charge in [-0.3, -0.25) is 9.98 Å². The number of nitrogens with zero attached hydrogens (tertiary/aromatic N) is 2. The van der Waals surface area contributed by atoms with Gasteiger partial charge in [0.25, 0.3) is 0 Å². The van der Waals surface area contributed by atoms with Gasteiger partial charge in [-0.2, -0.15) is 0 Å². The highest BCUT2D eigenvalue weighted by Crippen LogP contribution is 2.14. The maximum atomic E-state index is 8.13. The molecule has 0 saturated heterocycles. The first-order chi connectivity index (χ1) is 15.1.